The zero-order valence-electron chi connectivity index (χ0n) is 28.4. The maximum Gasteiger partial charge on any atom is 0.186 e. The molecule has 0 aliphatic heterocycles. The average molecular weight is 652 g/mol. The fourth-order valence-corrected chi connectivity index (χ4v) is 8.52. The number of rotatable bonds is 20. The van der Waals surface area contributed by atoms with Gasteiger partial charge in [0.1, 0.15) is 5.75 Å². The summed E-state index contributed by atoms with van der Waals surface area (Å²) in [5.74, 6) is 2.69. The Hall–Kier alpha value is -3.70. The van der Waals surface area contributed by atoms with E-state index in [0.29, 0.717) is 55.1 Å². The molecule has 0 aromatic heterocycles. The minimum absolute atomic E-state index is 0. The molecule has 0 amide bonds. The predicted octanol–water partition coefficient (Wildman–Crippen LogP) is 9.10. The highest BCUT2D eigenvalue weighted by Gasteiger charge is 2.68. The third kappa shape index (κ3) is 8.47. The number of carbonyl (C=O) groups excluding carboxylic acids is 2. The number of carbonyl (C=O) groups is 2. The molecule has 0 heterocycles. The largest absolute Gasteiger partial charge is 0.442 e. The van der Waals surface area contributed by atoms with Crippen LogP contribution in [0.15, 0.2) is 105 Å². The Morgan fingerprint density at radius 1 is 0.958 bits per heavy atom. The summed E-state index contributed by atoms with van der Waals surface area (Å²) in [7, 11) is 0. The van der Waals surface area contributed by atoms with E-state index in [9.17, 15) is 9.59 Å². The molecule has 5 heteroatoms. The number of hydrogen-bond donors (Lipinski definition) is 1. The van der Waals surface area contributed by atoms with Crippen molar-refractivity contribution in [2.24, 2.45) is 40.9 Å². The third-order valence-electron chi connectivity index (χ3n) is 11.2. The lowest BCUT2D eigenvalue weighted by molar-refractivity contribution is -0.129. The summed E-state index contributed by atoms with van der Waals surface area (Å²) in [6.07, 6.45) is 9.77. The van der Waals surface area contributed by atoms with E-state index < -0.39 is 6.04 Å². The van der Waals surface area contributed by atoms with E-state index in [-0.39, 0.29) is 48.1 Å². The zero-order valence-corrected chi connectivity index (χ0v) is 28.4. The first-order chi connectivity index (χ1) is 22.6. The highest BCUT2D eigenvalue weighted by molar-refractivity contribution is 5.95. The highest BCUT2D eigenvalue weighted by atomic mass is 16.5. The van der Waals surface area contributed by atoms with Crippen molar-refractivity contribution in [3.8, 4) is 5.75 Å². The van der Waals surface area contributed by atoms with E-state index in [2.05, 4.69) is 69.7 Å². The number of Topliss-reactive ketones (excluding diaryl/α,β-unsaturated/α-hetero) is 2. The number of ketones is 2. The maximum absolute atomic E-state index is 14.7. The quantitative estimate of drug-likeness (QED) is 0.0670. The van der Waals surface area contributed by atoms with Crippen LogP contribution in [-0.2, 0) is 27.2 Å². The van der Waals surface area contributed by atoms with Crippen LogP contribution in [0.4, 0.5) is 0 Å². The van der Waals surface area contributed by atoms with Crippen molar-refractivity contribution in [2.45, 2.75) is 78.7 Å². The smallest absolute Gasteiger partial charge is 0.186 e. The van der Waals surface area contributed by atoms with Gasteiger partial charge in [0, 0.05) is 18.9 Å². The number of para-hydroxylation sites is 1. The Labute approximate surface area is 289 Å². The van der Waals surface area contributed by atoms with Gasteiger partial charge in [0.15, 0.2) is 17.4 Å². The number of benzene rings is 2. The first-order valence-corrected chi connectivity index (χ1v) is 17.5. The Bertz CT molecular complexity index is 1430. The van der Waals surface area contributed by atoms with Crippen LogP contribution in [0.2, 0.25) is 0 Å². The molecule has 6 unspecified atom stereocenters. The van der Waals surface area contributed by atoms with Gasteiger partial charge in [-0.15, -0.1) is 13.2 Å². The van der Waals surface area contributed by atoms with Gasteiger partial charge in [0.2, 0.25) is 0 Å². The molecule has 3 aliphatic rings. The molecular formula is C43H57NO4. The molecule has 6 atom stereocenters. The number of hydrogen-bond acceptors (Lipinski definition) is 5. The molecule has 2 aromatic rings. The van der Waals surface area contributed by atoms with Crippen molar-refractivity contribution >= 4 is 11.6 Å². The van der Waals surface area contributed by atoms with Crippen molar-refractivity contribution in [2.75, 3.05) is 13.2 Å². The summed E-state index contributed by atoms with van der Waals surface area (Å²) in [5.41, 5.74) is 3.53. The Morgan fingerprint density at radius 2 is 1.60 bits per heavy atom. The second kappa shape index (κ2) is 16.6. The predicted molar refractivity (Wildman–Crippen MR) is 197 cm³/mol. The Balaban J connectivity index is 0.00000520. The van der Waals surface area contributed by atoms with Gasteiger partial charge in [-0.2, -0.15) is 0 Å². The molecule has 5 rings (SSSR count). The monoisotopic (exact) mass is 651 g/mol. The molecule has 48 heavy (non-hydrogen) atoms. The molecule has 2 aromatic carbocycles. The molecule has 0 spiro atoms. The number of fused-ring (bicyclic) bond motifs is 2. The summed E-state index contributed by atoms with van der Waals surface area (Å²) in [4.78, 5) is 27.4. The highest BCUT2D eigenvalue weighted by Crippen LogP contribution is 2.70. The Morgan fingerprint density at radius 3 is 2.25 bits per heavy atom. The number of allylic oxidation sites excluding steroid dienone is 3. The van der Waals surface area contributed by atoms with Crippen LogP contribution in [-0.4, -0.2) is 30.8 Å². The summed E-state index contributed by atoms with van der Waals surface area (Å²) in [6.45, 7) is 21.7. The topological polar surface area (TPSA) is 64.6 Å². The molecule has 2 saturated carbocycles. The molecule has 0 radical (unpaired) electrons. The van der Waals surface area contributed by atoms with E-state index in [4.69, 9.17) is 9.47 Å². The van der Waals surface area contributed by atoms with E-state index in [1.807, 2.05) is 36.4 Å². The van der Waals surface area contributed by atoms with E-state index in [0.717, 1.165) is 38.5 Å². The standard InChI is InChI=1S/C42H53NO4.CH4/c1-7-9-16-30(28(3)38(44)21-10-8-2)22-23-46-27-36-35(26-37-39(36)42(37,5)6)41(45)40(33-24-31-17-14-15-18-32(31)25-33)43-29(4)47-34-19-12-11-13-20-34;/h7-8,11-15,17-20,30,33,35-37,39-40,43H,1-4,9-10,16,21-27H2,5-6H3;1H4. The van der Waals surface area contributed by atoms with Crippen molar-refractivity contribution in [3.63, 3.8) is 0 Å². The molecule has 0 bridgehead atoms. The molecule has 258 valence electrons. The van der Waals surface area contributed by atoms with E-state index in [1.54, 1.807) is 6.08 Å². The molecule has 1 N–H and O–H groups in total. The summed E-state index contributed by atoms with van der Waals surface area (Å²) < 4.78 is 12.5. The lowest BCUT2D eigenvalue weighted by atomic mass is 9.77. The summed E-state index contributed by atoms with van der Waals surface area (Å²) >= 11 is 0. The third-order valence-corrected chi connectivity index (χ3v) is 11.2. The second-order valence-electron chi connectivity index (χ2n) is 14.5. The normalized spacial score (nSPS) is 23.0. The number of ether oxygens (including phenoxy) is 2. The van der Waals surface area contributed by atoms with Crippen LogP contribution in [0.25, 0.3) is 0 Å². The van der Waals surface area contributed by atoms with Gasteiger partial charge in [-0.25, -0.2) is 0 Å². The second-order valence-corrected chi connectivity index (χ2v) is 14.5. The molecule has 3 aliphatic carbocycles. The van der Waals surface area contributed by atoms with Gasteiger partial charge in [-0.3, -0.25) is 9.59 Å². The van der Waals surface area contributed by atoms with Gasteiger partial charge in [0.05, 0.1) is 12.6 Å². The lowest BCUT2D eigenvalue weighted by Crippen LogP contribution is -2.48. The fourth-order valence-electron chi connectivity index (χ4n) is 8.52. The Kier molecular flexibility index (Phi) is 12.8. The lowest BCUT2D eigenvalue weighted by Gasteiger charge is -2.32. The molecule has 0 saturated heterocycles. The first kappa shape index (κ1) is 37.1. The van der Waals surface area contributed by atoms with Crippen LogP contribution in [0, 0.1) is 40.9 Å². The molecule has 5 nitrogen and oxygen atoms in total. The van der Waals surface area contributed by atoms with Crippen molar-refractivity contribution < 1.29 is 19.1 Å². The zero-order chi connectivity index (χ0) is 33.6. The SMILES string of the molecule is C.C=CCCC(=O)C(=C)C(CCC=C)CCOCC1C(C(=O)C(NC(=C)Oc2ccccc2)C2Cc3ccccc3C2)CC2C1C2(C)C. The van der Waals surface area contributed by atoms with Gasteiger partial charge in [-0.1, -0.05) is 82.5 Å². The first-order valence-electron chi connectivity index (χ1n) is 17.5. The minimum atomic E-state index is -0.403. The summed E-state index contributed by atoms with van der Waals surface area (Å²) in [5, 5.41) is 3.47. The average Bonchev–Trinajstić information content (AvgIpc) is 3.40. The van der Waals surface area contributed by atoms with E-state index in [1.165, 1.54) is 11.1 Å². The maximum atomic E-state index is 14.7. The van der Waals surface area contributed by atoms with Crippen molar-refractivity contribution in [1.29, 1.82) is 0 Å². The molecule has 2 fully saturated rings. The van der Waals surface area contributed by atoms with Gasteiger partial charge in [-0.05, 0) is 115 Å². The van der Waals surface area contributed by atoms with E-state index >= 15 is 0 Å². The minimum Gasteiger partial charge on any atom is -0.442 e. The van der Waals surface area contributed by atoms with Gasteiger partial charge < -0.3 is 14.8 Å². The fraction of sp³-hybridized carbons (Fsp3) is 0.488. The summed E-state index contributed by atoms with van der Waals surface area (Å²) in [6, 6.07) is 17.7. The number of nitrogens with one attached hydrogen (secondary N) is 1. The molecular weight excluding hydrogens is 594 g/mol. The van der Waals surface area contributed by atoms with Crippen LogP contribution >= 0.6 is 0 Å². The van der Waals surface area contributed by atoms with Crippen LogP contribution in [0.5, 0.6) is 5.75 Å². The van der Waals surface area contributed by atoms with Crippen LogP contribution in [0.3, 0.4) is 0 Å². The van der Waals surface area contributed by atoms with Crippen molar-refractivity contribution in [1.82, 2.24) is 5.32 Å². The van der Waals surface area contributed by atoms with Crippen LogP contribution < -0.4 is 10.1 Å². The van der Waals surface area contributed by atoms with Gasteiger partial charge >= 0.3 is 0 Å². The van der Waals surface area contributed by atoms with Gasteiger partial charge in [0.25, 0.3) is 0 Å². The van der Waals surface area contributed by atoms with Crippen LogP contribution in [0.1, 0.15) is 70.9 Å². The van der Waals surface area contributed by atoms with Crippen molar-refractivity contribution in [3.05, 3.63) is 116 Å².